The van der Waals surface area contributed by atoms with Crippen LogP contribution in [-0.4, -0.2) is 37.9 Å². The predicted octanol–water partition coefficient (Wildman–Crippen LogP) is 3.52. The van der Waals surface area contributed by atoms with Crippen LogP contribution in [0.2, 0.25) is 0 Å². The SMILES string of the molecule is CN(C)CCCN1c2ccccc2CC(=O)c2ccccc21. The van der Waals surface area contributed by atoms with Crippen LogP contribution in [0.25, 0.3) is 0 Å². The van der Waals surface area contributed by atoms with E-state index in [1.807, 2.05) is 24.3 Å². The Morgan fingerprint density at radius 1 is 1.00 bits per heavy atom. The predicted molar refractivity (Wildman–Crippen MR) is 91.1 cm³/mol. The fraction of sp³-hybridized carbons (Fsp3) is 0.316. The summed E-state index contributed by atoms with van der Waals surface area (Å²) in [5.41, 5.74) is 4.16. The molecule has 0 saturated heterocycles. The minimum absolute atomic E-state index is 0.207. The number of Topliss-reactive ketones (excluding diaryl/α,β-unsaturated/α-hetero) is 1. The monoisotopic (exact) mass is 294 g/mol. The summed E-state index contributed by atoms with van der Waals surface area (Å²) in [5.74, 6) is 0.207. The van der Waals surface area contributed by atoms with Gasteiger partial charge in [0.05, 0.1) is 5.69 Å². The van der Waals surface area contributed by atoms with E-state index in [2.05, 4.69) is 48.2 Å². The maximum absolute atomic E-state index is 12.6. The standard InChI is InChI=1S/C19H22N2O/c1-20(2)12-7-13-21-17-10-5-3-8-15(17)14-19(22)16-9-4-6-11-18(16)21/h3-6,8-11H,7,12-14H2,1-2H3. The molecule has 0 aromatic heterocycles. The summed E-state index contributed by atoms with van der Waals surface area (Å²) in [7, 11) is 4.18. The van der Waals surface area contributed by atoms with Gasteiger partial charge in [0.15, 0.2) is 5.78 Å². The van der Waals surface area contributed by atoms with E-state index in [0.717, 1.165) is 36.3 Å². The molecule has 114 valence electrons. The van der Waals surface area contributed by atoms with Gasteiger partial charge in [-0.1, -0.05) is 30.3 Å². The number of ketones is 1. The van der Waals surface area contributed by atoms with Crippen molar-refractivity contribution < 1.29 is 4.79 Å². The molecule has 0 aliphatic carbocycles. The lowest BCUT2D eigenvalue weighted by Crippen LogP contribution is -2.24. The normalized spacial score (nSPS) is 13.8. The Morgan fingerprint density at radius 2 is 1.68 bits per heavy atom. The maximum atomic E-state index is 12.6. The average Bonchev–Trinajstić information content (AvgIpc) is 2.63. The molecule has 1 aliphatic heterocycles. The molecule has 3 rings (SSSR count). The molecule has 0 saturated carbocycles. The summed E-state index contributed by atoms with van der Waals surface area (Å²) < 4.78 is 0. The van der Waals surface area contributed by atoms with E-state index in [0.29, 0.717) is 6.42 Å². The number of fused-ring (bicyclic) bond motifs is 2. The third kappa shape index (κ3) is 2.90. The second-order valence-corrected chi connectivity index (χ2v) is 6.05. The van der Waals surface area contributed by atoms with Crippen LogP contribution < -0.4 is 4.90 Å². The van der Waals surface area contributed by atoms with E-state index >= 15 is 0 Å². The Labute approximate surface area is 132 Å². The lowest BCUT2D eigenvalue weighted by molar-refractivity contribution is 0.0994. The van der Waals surface area contributed by atoms with Crippen molar-refractivity contribution in [2.24, 2.45) is 0 Å². The molecule has 22 heavy (non-hydrogen) atoms. The molecule has 2 aromatic carbocycles. The largest absolute Gasteiger partial charge is 0.341 e. The number of rotatable bonds is 4. The van der Waals surface area contributed by atoms with Crippen LogP contribution in [0.1, 0.15) is 22.3 Å². The van der Waals surface area contributed by atoms with E-state index in [9.17, 15) is 4.79 Å². The van der Waals surface area contributed by atoms with E-state index in [1.165, 1.54) is 5.69 Å². The molecule has 0 atom stereocenters. The summed E-state index contributed by atoms with van der Waals surface area (Å²) in [6.45, 7) is 1.95. The van der Waals surface area contributed by atoms with Gasteiger partial charge in [0.1, 0.15) is 0 Å². The lowest BCUT2D eigenvalue weighted by Gasteiger charge is -2.27. The first-order chi connectivity index (χ1) is 10.7. The van der Waals surface area contributed by atoms with Crippen molar-refractivity contribution in [3.63, 3.8) is 0 Å². The number of nitrogens with zero attached hydrogens (tertiary/aromatic N) is 2. The molecule has 0 unspecified atom stereocenters. The van der Waals surface area contributed by atoms with Gasteiger partial charge in [0.2, 0.25) is 0 Å². The van der Waals surface area contributed by atoms with Crippen LogP contribution in [0.4, 0.5) is 11.4 Å². The Balaban J connectivity index is 2.02. The average molecular weight is 294 g/mol. The summed E-state index contributed by atoms with van der Waals surface area (Å²) in [6, 6.07) is 16.2. The third-order valence-electron chi connectivity index (χ3n) is 4.12. The molecule has 3 nitrogen and oxygen atoms in total. The van der Waals surface area contributed by atoms with Crippen molar-refractivity contribution in [1.82, 2.24) is 4.90 Å². The Bertz CT molecular complexity index is 679. The number of carbonyl (C=O) groups excluding carboxylic acids is 1. The van der Waals surface area contributed by atoms with Gasteiger partial charge in [0.25, 0.3) is 0 Å². The first kappa shape index (κ1) is 14.8. The smallest absolute Gasteiger partial charge is 0.169 e. The number of carbonyl (C=O) groups is 1. The molecule has 2 aromatic rings. The molecular weight excluding hydrogens is 272 g/mol. The fourth-order valence-corrected chi connectivity index (χ4v) is 3.05. The van der Waals surface area contributed by atoms with Crippen molar-refractivity contribution in [3.05, 3.63) is 59.7 Å². The molecule has 0 bridgehead atoms. The molecule has 1 aliphatic rings. The Kier molecular flexibility index (Phi) is 4.25. The van der Waals surface area contributed by atoms with Crippen LogP contribution >= 0.6 is 0 Å². The number of para-hydroxylation sites is 2. The minimum atomic E-state index is 0.207. The summed E-state index contributed by atoms with van der Waals surface area (Å²) in [4.78, 5) is 17.1. The zero-order valence-corrected chi connectivity index (χ0v) is 13.2. The van der Waals surface area contributed by atoms with Gasteiger partial charge in [-0.15, -0.1) is 0 Å². The number of hydrogen-bond acceptors (Lipinski definition) is 3. The Morgan fingerprint density at radius 3 is 2.45 bits per heavy atom. The molecule has 0 radical (unpaired) electrons. The summed E-state index contributed by atoms with van der Waals surface area (Å²) >= 11 is 0. The molecule has 0 fully saturated rings. The van der Waals surface area contributed by atoms with Crippen molar-refractivity contribution >= 4 is 17.2 Å². The molecule has 0 amide bonds. The first-order valence-corrected chi connectivity index (χ1v) is 7.79. The van der Waals surface area contributed by atoms with Crippen LogP contribution in [0.15, 0.2) is 48.5 Å². The molecule has 1 heterocycles. The van der Waals surface area contributed by atoms with E-state index in [-0.39, 0.29) is 5.78 Å². The van der Waals surface area contributed by atoms with Gasteiger partial charge in [0, 0.05) is 24.2 Å². The van der Waals surface area contributed by atoms with Gasteiger partial charge >= 0.3 is 0 Å². The highest BCUT2D eigenvalue weighted by atomic mass is 16.1. The quantitative estimate of drug-likeness (QED) is 0.862. The van der Waals surface area contributed by atoms with Gasteiger partial charge in [-0.3, -0.25) is 4.79 Å². The molecule has 0 N–H and O–H groups in total. The number of anilines is 2. The number of hydrogen-bond donors (Lipinski definition) is 0. The third-order valence-corrected chi connectivity index (χ3v) is 4.12. The van der Waals surface area contributed by atoms with Crippen LogP contribution in [-0.2, 0) is 6.42 Å². The van der Waals surface area contributed by atoms with Crippen molar-refractivity contribution in [2.45, 2.75) is 12.8 Å². The Hall–Kier alpha value is -2.13. The second kappa shape index (κ2) is 6.32. The first-order valence-electron chi connectivity index (χ1n) is 7.79. The molecular formula is C19H22N2O. The van der Waals surface area contributed by atoms with Crippen molar-refractivity contribution in [2.75, 3.05) is 32.1 Å². The summed E-state index contributed by atoms with van der Waals surface area (Å²) in [6.07, 6.45) is 1.54. The fourth-order valence-electron chi connectivity index (χ4n) is 3.05. The van der Waals surface area contributed by atoms with Crippen LogP contribution in [0, 0.1) is 0 Å². The zero-order valence-electron chi connectivity index (χ0n) is 13.2. The van der Waals surface area contributed by atoms with Gasteiger partial charge < -0.3 is 9.80 Å². The van der Waals surface area contributed by atoms with Gasteiger partial charge in [-0.25, -0.2) is 0 Å². The highest BCUT2D eigenvalue weighted by Gasteiger charge is 2.24. The molecule has 0 spiro atoms. The number of benzene rings is 2. The maximum Gasteiger partial charge on any atom is 0.169 e. The lowest BCUT2D eigenvalue weighted by atomic mass is 10.0. The molecule has 3 heteroatoms. The van der Waals surface area contributed by atoms with Crippen molar-refractivity contribution in [3.8, 4) is 0 Å². The van der Waals surface area contributed by atoms with Crippen molar-refractivity contribution in [1.29, 1.82) is 0 Å². The second-order valence-electron chi connectivity index (χ2n) is 6.05. The van der Waals surface area contributed by atoms with Crippen LogP contribution in [0.3, 0.4) is 0 Å². The highest BCUT2D eigenvalue weighted by molar-refractivity contribution is 6.05. The van der Waals surface area contributed by atoms with E-state index in [4.69, 9.17) is 0 Å². The minimum Gasteiger partial charge on any atom is -0.341 e. The van der Waals surface area contributed by atoms with Crippen LogP contribution in [0.5, 0.6) is 0 Å². The zero-order chi connectivity index (χ0) is 15.5. The summed E-state index contributed by atoms with van der Waals surface area (Å²) in [5, 5.41) is 0. The van der Waals surface area contributed by atoms with E-state index < -0.39 is 0 Å². The van der Waals surface area contributed by atoms with Gasteiger partial charge in [-0.05, 0) is 50.8 Å². The van der Waals surface area contributed by atoms with Gasteiger partial charge in [-0.2, -0.15) is 0 Å². The van der Waals surface area contributed by atoms with E-state index in [1.54, 1.807) is 0 Å². The topological polar surface area (TPSA) is 23.6 Å². The highest BCUT2D eigenvalue weighted by Crippen LogP contribution is 2.35.